The molecule has 20 heavy (non-hydrogen) atoms. The Hall–Kier alpha value is -0.770. The highest BCUT2D eigenvalue weighted by molar-refractivity contribution is 9.10. The summed E-state index contributed by atoms with van der Waals surface area (Å²) >= 11 is 9.58. The Bertz CT molecular complexity index is 594. The Kier molecular flexibility index (Phi) is 5.30. The van der Waals surface area contributed by atoms with E-state index >= 15 is 0 Å². The molecule has 108 valence electrons. The molecule has 2 rings (SSSR count). The van der Waals surface area contributed by atoms with Gasteiger partial charge in [-0.1, -0.05) is 24.6 Å². The molecule has 0 aliphatic rings. The van der Waals surface area contributed by atoms with Crippen molar-refractivity contribution in [3.05, 3.63) is 56.4 Å². The van der Waals surface area contributed by atoms with Gasteiger partial charge >= 0.3 is 0 Å². The fourth-order valence-corrected chi connectivity index (χ4v) is 2.84. The van der Waals surface area contributed by atoms with Gasteiger partial charge in [-0.3, -0.25) is 0 Å². The quantitative estimate of drug-likeness (QED) is 0.775. The fourth-order valence-electron chi connectivity index (χ4n) is 2.33. The molecule has 0 radical (unpaired) electrons. The van der Waals surface area contributed by atoms with E-state index in [0.717, 1.165) is 34.0 Å². The number of benzene rings is 1. The van der Waals surface area contributed by atoms with E-state index in [1.165, 1.54) is 11.1 Å². The number of hydrogen-bond donors (Lipinski definition) is 1. The van der Waals surface area contributed by atoms with Crippen molar-refractivity contribution in [2.45, 2.75) is 33.2 Å². The van der Waals surface area contributed by atoms with Crippen LogP contribution < -0.4 is 5.32 Å². The average Bonchev–Trinajstić information content (AvgIpc) is 2.73. The lowest BCUT2D eigenvalue weighted by molar-refractivity contribution is 0.493. The summed E-state index contributed by atoms with van der Waals surface area (Å²) in [6, 6.07) is 8.27. The summed E-state index contributed by atoms with van der Waals surface area (Å²) in [6.45, 7) is 7.10. The summed E-state index contributed by atoms with van der Waals surface area (Å²) in [7, 11) is 0. The molecule has 0 bridgehead atoms. The molecule has 1 unspecified atom stereocenters. The first-order valence-electron chi connectivity index (χ1n) is 6.78. The van der Waals surface area contributed by atoms with E-state index in [9.17, 15) is 0 Å². The number of halogens is 2. The third kappa shape index (κ3) is 3.46. The van der Waals surface area contributed by atoms with E-state index in [-0.39, 0.29) is 6.04 Å². The Labute approximate surface area is 133 Å². The van der Waals surface area contributed by atoms with Crippen LogP contribution in [0, 0.1) is 13.8 Å². The molecule has 1 aromatic carbocycles. The van der Waals surface area contributed by atoms with Gasteiger partial charge in [-0.15, -0.1) is 0 Å². The van der Waals surface area contributed by atoms with Crippen LogP contribution in [0.15, 0.2) is 33.2 Å². The maximum absolute atomic E-state index is 6.09. The first kappa shape index (κ1) is 15.6. The van der Waals surface area contributed by atoms with Crippen molar-refractivity contribution >= 4 is 27.5 Å². The van der Waals surface area contributed by atoms with Gasteiger partial charge in [0.2, 0.25) is 0 Å². The molecule has 1 atom stereocenters. The minimum Gasteiger partial charge on any atom is -0.466 e. The van der Waals surface area contributed by atoms with Crippen LogP contribution in [0.25, 0.3) is 0 Å². The van der Waals surface area contributed by atoms with Gasteiger partial charge in [0.15, 0.2) is 0 Å². The summed E-state index contributed by atoms with van der Waals surface area (Å²) in [5.74, 6) is 1.90. The van der Waals surface area contributed by atoms with Crippen molar-refractivity contribution in [2.75, 3.05) is 6.54 Å². The van der Waals surface area contributed by atoms with E-state index < -0.39 is 0 Å². The predicted molar refractivity (Wildman–Crippen MR) is 87.5 cm³/mol. The van der Waals surface area contributed by atoms with E-state index in [0.29, 0.717) is 0 Å². The molecule has 0 amide bonds. The summed E-state index contributed by atoms with van der Waals surface area (Å²) < 4.78 is 6.59. The van der Waals surface area contributed by atoms with Crippen LogP contribution in [0.1, 0.15) is 42.0 Å². The summed E-state index contributed by atoms with van der Waals surface area (Å²) in [5, 5.41) is 4.30. The van der Waals surface area contributed by atoms with Crippen molar-refractivity contribution in [1.82, 2.24) is 5.32 Å². The zero-order valence-electron chi connectivity index (χ0n) is 12.0. The molecular weight excluding hydrogens is 338 g/mol. The summed E-state index contributed by atoms with van der Waals surface area (Å²) in [6.07, 6.45) is 1.08. The minimum absolute atomic E-state index is 0.126. The molecule has 0 spiro atoms. The van der Waals surface area contributed by atoms with Crippen LogP contribution in [0.2, 0.25) is 5.02 Å². The molecule has 0 fully saturated rings. The Balaban J connectivity index is 2.41. The molecule has 4 heteroatoms. The third-order valence-electron chi connectivity index (χ3n) is 3.27. The van der Waals surface area contributed by atoms with Gasteiger partial charge in [0.05, 0.1) is 11.1 Å². The highest BCUT2D eigenvalue weighted by Gasteiger charge is 2.19. The summed E-state index contributed by atoms with van der Waals surface area (Å²) in [4.78, 5) is 0. The van der Waals surface area contributed by atoms with E-state index in [2.05, 4.69) is 46.4 Å². The lowest BCUT2D eigenvalue weighted by atomic mass is 9.99. The molecule has 1 heterocycles. The second-order valence-corrected chi connectivity index (χ2v) is 6.19. The molecule has 2 aromatic rings. The maximum Gasteiger partial charge on any atom is 0.106 e. The second-order valence-electron chi connectivity index (χ2n) is 4.93. The van der Waals surface area contributed by atoms with Gasteiger partial charge in [-0.2, -0.15) is 0 Å². The Morgan fingerprint density at radius 3 is 2.60 bits per heavy atom. The number of hydrogen-bond acceptors (Lipinski definition) is 2. The van der Waals surface area contributed by atoms with Gasteiger partial charge in [0, 0.05) is 10.0 Å². The van der Waals surface area contributed by atoms with Crippen molar-refractivity contribution in [3.63, 3.8) is 0 Å². The van der Waals surface area contributed by atoms with E-state index in [1.807, 2.05) is 19.9 Å². The number of nitrogens with one attached hydrogen (secondary N) is 1. The molecule has 1 N–H and O–H groups in total. The standard InChI is InChI=1S/C16H19BrClNO/c1-4-7-19-16(13-8-10(2)20-11(13)3)12-5-6-15(18)14(17)9-12/h5-6,8-9,16,19H,4,7H2,1-3H3. The molecule has 0 aliphatic carbocycles. The van der Waals surface area contributed by atoms with Gasteiger partial charge in [-0.05, 0) is 66.5 Å². The van der Waals surface area contributed by atoms with Crippen LogP contribution in [0.4, 0.5) is 0 Å². The van der Waals surface area contributed by atoms with Gasteiger partial charge in [-0.25, -0.2) is 0 Å². The second kappa shape index (κ2) is 6.79. The molecular formula is C16H19BrClNO. The van der Waals surface area contributed by atoms with Gasteiger partial charge < -0.3 is 9.73 Å². The van der Waals surface area contributed by atoms with Gasteiger partial charge in [0.1, 0.15) is 11.5 Å². The molecule has 2 nitrogen and oxygen atoms in total. The SMILES string of the molecule is CCCNC(c1ccc(Cl)c(Br)c1)c1cc(C)oc1C. The first-order valence-corrected chi connectivity index (χ1v) is 7.95. The number of aryl methyl sites for hydroxylation is 2. The minimum atomic E-state index is 0.126. The van der Waals surface area contributed by atoms with Crippen LogP contribution in [-0.4, -0.2) is 6.54 Å². The highest BCUT2D eigenvalue weighted by Crippen LogP contribution is 2.31. The zero-order valence-corrected chi connectivity index (χ0v) is 14.3. The lowest BCUT2D eigenvalue weighted by Crippen LogP contribution is -2.23. The predicted octanol–water partition coefficient (Wildman–Crippen LogP) is 5.40. The average molecular weight is 357 g/mol. The molecule has 0 saturated carbocycles. The van der Waals surface area contributed by atoms with Crippen LogP contribution >= 0.6 is 27.5 Å². The maximum atomic E-state index is 6.09. The highest BCUT2D eigenvalue weighted by atomic mass is 79.9. The van der Waals surface area contributed by atoms with E-state index in [4.69, 9.17) is 16.0 Å². The van der Waals surface area contributed by atoms with Crippen LogP contribution in [-0.2, 0) is 0 Å². The zero-order chi connectivity index (χ0) is 14.7. The molecule has 1 aromatic heterocycles. The Morgan fingerprint density at radius 2 is 2.05 bits per heavy atom. The third-order valence-corrected chi connectivity index (χ3v) is 4.48. The smallest absolute Gasteiger partial charge is 0.106 e. The lowest BCUT2D eigenvalue weighted by Gasteiger charge is -2.19. The van der Waals surface area contributed by atoms with Gasteiger partial charge in [0.25, 0.3) is 0 Å². The Morgan fingerprint density at radius 1 is 1.30 bits per heavy atom. The van der Waals surface area contributed by atoms with Crippen LogP contribution in [0.5, 0.6) is 0 Å². The monoisotopic (exact) mass is 355 g/mol. The van der Waals surface area contributed by atoms with Crippen molar-refractivity contribution in [2.24, 2.45) is 0 Å². The van der Waals surface area contributed by atoms with E-state index in [1.54, 1.807) is 0 Å². The van der Waals surface area contributed by atoms with Crippen molar-refractivity contribution in [3.8, 4) is 0 Å². The molecule has 0 saturated heterocycles. The van der Waals surface area contributed by atoms with Crippen LogP contribution in [0.3, 0.4) is 0 Å². The largest absolute Gasteiger partial charge is 0.466 e. The number of furan rings is 1. The van der Waals surface area contributed by atoms with Crippen molar-refractivity contribution in [1.29, 1.82) is 0 Å². The molecule has 0 aliphatic heterocycles. The topological polar surface area (TPSA) is 25.2 Å². The van der Waals surface area contributed by atoms with Crippen molar-refractivity contribution < 1.29 is 4.42 Å². The fraction of sp³-hybridized carbons (Fsp3) is 0.375. The summed E-state index contributed by atoms with van der Waals surface area (Å²) in [5.41, 5.74) is 2.36. The first-order chi connectivity index (χ1) is 9.52. The number of rotatable bonds is 5. The normalized spacial score (nSPS) is 12.7.